The molecule has 5 aromatic rings. The molecule has 0 aliphatic carbocycles. The second kappa shape index (κ2) is 13.4. The summed E-state index contributed by atoms with van der Waals surface area (Å²) >= 11 is 11.7. The van der Waals surface area contributed by atoms with E-state index in [0.717, 1.165) is 84.7 Å². The number of nitrogens with one attached hydrogen (secondary N) is 2. The Bertz CT molecular complexity index is 1680. The molecule has 1 aliphatic heterocycles. The van der Waals surface area contributed by atoms with Crippen LogP contribution in [0.1, 0.15) is 28.2 Å². The van der Waals surface area contributed by atoms with E-state index < -0.39 is 0 Å². The lowest BCUT2D eigenvalue weighted by atomic mass is 10.1. The Morgan fingerprint density at radius 2 is 1.53 bits per heavy atom. The number of hydrogen-bond donors (Lipinski definition) is 2. The number of carbonyl (C=O) groups excluding carboxylic acids is 1. The van der Waals surface area contributed by atoms with Gasteiger partial charge in [-0.15, -0.1) is 23.2 Å². The Labute approximate surface area is 262 Å². The Balaban J connectivity index is 1.08. The first-order valence-electron chi connectivity index (χ1n) is 14.9. The largest absolute Gasteiger partial charge is 0.369 e. The molecule has 10 heteroatoms. The summed E-state index contributed by atoms with van der Waals surface area (Å²) < 4.78 is 0. The summed E-state index contributed by atoms with van der Waals surface area (Å²) in [7, 11) is 2.18. The van der Waals surface area contributed by atoms with Gasteiger partial charge >= 0.3 is 0 Å². The minimum atomic E-state index is -0.0347. The molecule has 3 aromatic carbocycles. The van der Waals surface area contributed by atoms with Gasteiger partial charge in [0.2, 0.25) is 0 Å². The fourth-order valence-electron chi connectivity index (χ4n) is 5.70. The number of halogens is 2. The lowest BCUT2D eigenvalue weighted by Crippen LogP contribution is -2.44. The van der Waals surface area contributed by atoms with Crippen molar-refractivity contribution in [2.45, 2.75) is 19.3 Å². The number of nitrogens with zero attached hydrogens (tertiary/aromatic N) is 5. The van der Waals surface area contributed by atoms with E-state index in [2.05, 4.69) is 63.2 Å². The summed E-state index contributed by atoms with van der Waals surface area (Å²) in [5, 5.41) is 0. The van der Waals surface area contributed by atoms with Crippen molar-refractivity contribution >= 4 is 56.9 Å². The van der Waals surface area contributed by atoms with E-state index in [1.165, 1.54) is 11.3 Å². The molecule has 0 radical (unpaired) electrons. The van der Waals surface area contributed by atoms with E-state index in [-0.39, 0.29) is 5.91 Å². The third kappa shape index (κ3) is 6.82. The maximum Gasteiger partial charge on any atom is 0.253 e. The molecule has 6 rings (SSSR count). The van der Waals surface area contributed by atoms with Crippen LogP contribution in [0.15, 0.2) is 60.7 Å². The first kappa shape index (κ1) is 29.5. The van der Waals surface area contributed by atoms with Gasteiger partial charge in [0.1, 0.15) is 11.6 Å². The summed E-state index contributed by atoms with van der Waals surface area (Å²) in [5.74, 6) is 2.58. The van der Waals surface area contributed by atoms with Crippen molar-refractivity contribution in [1.82, 2.24) is 29.7 Å². The predicted octanol–water partition coefficient (Wildman–Crippen LogP) is 5.95. The number of benzene rings is 3. The van der Waals surface area contributed by atoms with Crippen LogP contribution in [0.5, 0.6) is 0 Å². The summed E-state index contributed by atoms with van der Waals surface area (Å²) in [4.78, 5) is 36.0. The normalized spacial score (nSPS) is 14.2. The molecule has 8 nitrogen and oxygen atoms in total. The van der Waals surface area contributed by atoms with E-state index >= 15 is 0 Å². The van der Waals surface area contributed by atoms with Gasteiger partial charge in [0.15, 0.2) is 0 Å². The topological polar surface area (TPSA) is 84.2 Å². The van der Waals surface area contributed by atoms with Crippen LogP contribution in [0.25, 0.3) is 33.5 Å². The number of aromatic amines is 2. The quantitative estimate of drug-likeness (QED) is 0.179. The number of H-pyrrole nitrogens is 2. The van der Waals surface area contributed by atoms with Gasteiger partial charge in [0, 0.05) is 74.3 Å². The summed E-state index contributed by atoms with van der Waals surface area (Å²) in [6.07, 6.45) is 2.69. The smallest absolute Gasteiger partial charge is 0.253 e. The molecule has 0 saturated carbocycles. The van der Waals surface area contributed by atoms with Crippen LogP contribution in [-0.2, 0) is 12.8 Å². The zero-order valence-electron chi connectivity index (χ0n) is 24.5. The van der Waals surface area contributed by atoms with Crippen LogP contribution >= 0.6 is 23.2 Å². The number of alkyl halides is 2. The van der Waals surface area contributed by atoms with Crippen molar-refractivity contribution < 1.29 is 4.79 Å². The van der Waals surface area contributed by atoms with Crippen molar-refractivity contribution in [1.29, 1.82) is 0 Å². The molecule has 1 fully saturated rings. The summed E-state index contributed by atoms with van der Waals surface area (Å²) in [5.41, 5.74) is 8.11. The van der Waals surface area contributed by atoms with Crippen LogP contribution < -0.4 is 4.90 Å². The molecule has 2 aromatic heterocycles. The predicted molar refractivity (Wildman–Crippen MR) is 177 cm³/mol. The Hall–Kier alpha value is -3.59. The van der Waals surface area contributed by atoms with Gasteiger partial charge in [-0.1, -0.05) is 12.1 Å². The van der Waals surface area contributed by atoms with E-state index in [1.807, 2.05) is 24.3 Å². The van der Waals surface area contributed by atoms with Crippen molar-refractivity contribution in [2.24, 2.45) is 0 Å². The Morgan fingerprint density at radius 1 is 0.837 bits per heavy atom. The second-order valence-electron chi connectivity index (χ2n) is 11.2. The number of hydrogen-bond acceptors (Lipinski definition) is 5. The number of rotatable bonds is 11. The van der Waals surface area contributed by atoms with Crippen LogP contribution in [0.4, 0.5) is 5.69 Å². The summed E-state index contributed by atoms with van der Waals surface area (Å²) in [6.45, 7) is 5.22. The van der Waals surface area contributed by atoms with Crippen LogP contribution in [0.2, 0.25) is 0 Å². The number of piperazine rings is 1. The van der Waals surface area contributed by atoms with Gasteiger partial charge in [-0.2, -0.15) is 0 Å². The average molecular weight is 619 g/mol. The number of aromatic nitrogens is 4. The number of fused-ring (bicyclic) bond motifs is 2. The van der Waals surface area contributed by atoms with Crippen LogP contribution in [-0.4, -0.2) is 93.7 Å². The van der Waals surface area contributed by atoms with E-state index in [1.54, 1.807) is 4.90 Å². The van der Waals surface area contributed by atoms with Crippen LogP contribution in [0, 0.1) is 0 Å². The third-order valence-corrected chi connectivity index (χ3v) is 8.55. The van der Waals surface area contributed by atoms with Gasteiger partial charge in [-0.25, -0.2) is 9.97 Å². The van der Waals surface area contributed by atoms with Crippen LogP contribution in [0.3, 0.4) is 0 Å². The number of carbonyl (C=O) groups is 1. The Morgan fingerprint density at radius 3 is 2.28 bits per heavy atom. The average Bonchev–Trinajstić information content (AvgIpc) is 3.64. The zero-order chi connectivity index (χ0) is 29.8. The standard InChI is InChI=1S/C33H37Cl2N7O/c1-40-17-19-41(20-18-40)26-10-12-28-30(22-26)39-32(38-28)25-9-11-27-29(21-25)37-31(36-27)4-2-3-23-5-7-24(8-6-23)33(43)42(15-13-34)16-14-35/h5-12,21-22H,2-4,13-20H2,1H3,(H,36,37)(H,38,39). The molecule has 0 spiro atoms. The molecule has 3 heterocycles. The lowest BCUT2D eigenvalue weighted by Gasteiger charge is -2.34. The molecular formula is C33H37Cl2N7O. The summed E-state index contributed by atoms with van der Waals surface area (Å²) in [6, 6.07) is 20.6. The molecule has 0 unspecified atom stereocenters. The number of anilines is 1. The van der Waals surface area contributed by atoms with Gasteiger partial charge in [-0.05, 0) is 74.0 Å². The van der Waals surface area contributed by atoms with E-state index in [4.69, 9.17) is 33.2 Å². The van der Waals surface area contributed by atoms with Crippen molar-refractivity contribution in [2.75, 3.05) is 63.0 Å². The van der Waals surface area contributed by atoms with Gasteiger partial charge < -0.3 is 24.7 Å². The Kier molecular flexibility index (Phi) is 9.17. The van der Waals surface area contributed by atoms with E-state index in [0.29, 0.717) is 30.4 Å². The lowest BCUT2D eigenvalue weighted by molar-refractivity contribution is 0.0775. The number of aryl methyl sites for hydroxylation is 2. The molecular weight excluding hydrogens is 581 g/mol. The molecule has 224 valence electrons. The van der Waals surface area contributed by atoms with Gasteiger partial charge in [0.25, 0.3) is 5.91 Å². The fraction of sp³-hybridized carbons (Fsp3) is 0.364. The first-order valence-corrected chi connectivity index (χ1v) is 16.0. The SMILES string of the molecule is CN1CCN(c2ccc3nc(-c4ccc5nc(CCCc6ccc(C(=O)N(CCCl)CCCl)cc6)[nH]c5c4)[nH]c3c2)CC1. The highest BCUT2D eigenvalue weighted by Crippen LogP contribution is 2.27. The maximum atomic E-state index is 12.7. The molecule has 1 aliphatic rings. The maximum absolute atomic E-state index is 12.7. The second-order valence-corrected chi connectivity index (χ2v) is 12.0. The zero-order valence-corrected chi connectivity index (χ0v) is 26.0. The van der Waals surface area contributed by atoms with E-state index in [9.17, 15) is 4.79 Å². The van der Waals surface area contributed by atoms with Crippen molar-refractivity contribution in [3.63, 3.8) is 0 Å². The van der Waals surface area contributed by atoms with Gasteiger partial charge in [0.05, 0.1) is 22.1 Å². The fourth-order valence-corrected chi connectivity index (χ4v) is 6.11. The number of amides is 1. The molecule has 0 atom stereocenters. The molecule has 43 heavy (non-hydrogen) atoms. The minimum Gasteiger partial charge on any atom is -0.369 e. The molecule has 0 bridgehead atoms. The highest BCUT2D eigenvalue weighted by molar-refractivity contribution is 6.18. The third-order valence-electron chi connectivity index (χ3n) is 8.21. The van der Waals surface area contributed by atoms with Crippen molar-refractivity contribution in [3.05, 3.63) is 77.6 Å². The number of imidazole rings is 2. The minimum absolute atomic E-state index is 0.0347. The molecule has 1 saturated heterocycles. The first-order chi connectivity index (χ1) is 21.0. The molecule has 2 N–H and O–H groups in total. The van der Waals surface area contributed by atoms with Gasteiger partial charge in [-0.3, -0.25) is 4.79 Å². The monoisotopic (exact) mass is 617 g/mol. The highest BCUT2D eigenvalue weighted by atomic mass is 35.5. The molecule has 1 amide bonds. The highest BCUT2D eigenvalue weighted by Gasteiger charge is 2.17. The number of likely N-dealkylation sites (N-methyl/N-ethyl adjacent to an activating group) is 1. The van der Waals surface area contributed by atoms with Crippen molar-refractivity contribution in [3.8, 4) is 11.4 Å².